The standard InChI is InChI=1S/C34H40N6O2/c1-38-31-25(10-22(12-28(31)42-2)33(41)40-16-21-8-9-26(40)29(21)35)37-32(38)27-11-20-4-3-5-24(23-13-34(14-23)17-36-18-34)30(20)39(27)15-19-6-7-19/h3-5,10-12,19,21,23,26,29,36H,6-9,13-18,35H2,1-2H3/t21-,26-,29?/m1/s1. The van der Waals surface area contributed by atoms with Crippen LogP contribution in [0.2, 0.25) is 0 Å². The van der Waals surface area contributed by atoms with E-state index in [-0.39, 0.29) is 18.0 Å². The van der Waals surface area contributed by atoms with Crippen molar-refractivity contribution in [1.29, 1.82) is 0 Å². The maximum Gasteiger partial charge on any atom is 0.254 e. The highest BCUT2D eigenvalue weighted by Gasteiger charge is 2.49. The average molecular weight is 565 g/mol. The van der Waals surface area contributed by atoms with Gasteiger partial charge in [-0.05, 0) is 85.5 Å². The van der Waals surface area contributed by atoms with Crippen LogP contribution in [-0.2, 0) is 13.6 Å². The number of benzene rings is 2. The molecule has 8 nitrogen and oxygen atoms in total. The number of imidazole rings is 1. The lowest BCUT2D eigenvalue weighted by atomic mass is 9.57. The fraction of sp³-hybridized carbons (Fsp3) is 0.529. The third kappa shape index (κ3) is 3.54. The topological polar surface area (TPSA) is 90.3 Å². The number of amides is 1. The summed E-state index contributed by atoms with van der Waals surface area (Å²) >= 11 is 0. The third-order valence-corrected chi connectivity index (χ3v) is 11.4. The highest BCUT2D eigenvalue weighted by atomic mass is 16.5. The van der Waals surface area contributed by atoms with Crippen molar-refractivity contribution in [2.75, 3.05) is 26.7 Å². The van der Waals surface area contributed by atoms with Gasteiger partial charge in [0, 0.05) is 56.3 Å². The van der Waals surface area contributed by atoms with Crippen molar-refractivity contribution < 1.29 is 9.53 Å². The first-order valence-corrected chi connectivity index (χ1v) is 15.9. The maximum absolute atomic E-state index is 13.7. The molecule has 2 aromatic carbocycles. The highest BCUT2D eigenvalue weighted by Crippen LogP contribution is 2.55. The molecule has 2 aromatic heterocycles. The molecule has 3 saturated carbocycles. The summed E-state index contributed by atoms with van der Waals surface area (Å²) in [4.78, 5) is 20.9. The van der Waals surface area contributed by atoms with Crippen molar-refractivity contribution in [3.63, 3.8) is 0 Å². The van der Waals surface area contributed by atoms with Crippen LogP contribution in [0.3, 0.4) is 0 Å². The SMILES string of the molecule is COc1cc(C(=O)N2C[C@H]3CC[C@@H]2C3N)cc2nc(-c3cc4cccc(C5CC6(CNC6)C5)c4n3CC3CC3)n(C)c12. The lowest BCUT2D eigenvalue weighted by Crippen LogP contribution is -2.59. The lowest BCUT2D eigenvalue weighted by Gasteiger charge is -2.54. The molecule has 1 unspecified atom stereocenters. The number of likely N-dealkylation sites (tertiary alicyclic amines) is 1. The second-order valence-corrected chi connectivity index (χ2v) is 14.1. The van der Waals surface area contributed by atoms with Crippen LogP contribution < -0.4 is 15.8 Å². The molecule has 218 valence electrons. The van der Waals surface area contributed by atoms with Crippen LogP contribution in [0.5, 0.6) is 5.75 Å². The highest BCUT2D eigenvalue weighted by molar-refractivity contribution is 6.00. The second-order valence-electron chi connectivity index (χ2n) is 14.1. The summed E-state index contributed by atoms with van der Waals surface area (Å²) in [5, 5.41) is 4.79. The van der Waals surface area contributed by atoms with E-state index in [9.17, 15) is 4.79 Å². The molecule has 3 atom stereocenters. The number of nitrogens with zero attached hydrogens (tertiary/aromatic N) is 4. The normalized spacial score (nSPS) is 26.4. The summed E-state index contributed by atoms with van der Waals surface area (Å²) < 4.78 is 10.6. The van der Waals surface area contributed by atoms with Crippen molar-refractivity contribution in [2.45, 2.75) is 63.1 Å². The van der Waals surface area contributed by atoms with Crippen molar-refractivity contribution in [3.8, 4) is 17.3 Å². The number of para-hydroxylation sites is 1. The smallest absolute Gasteiger partial charge is 0.254 e. The number of aromatic nitrogens is 3. The average Bonchev–Trinajstić information content (AvgIpc) is 3.33. The van der Waals surface area contributed by atoms with Crippen LogP contribution in [0.1, 0.15) is 60.4 Å². The number of nitrogens with two attached hydrogens (primary N) is 1. The summed E-state index contributed by atoms with van der Waals surface area (Å²) in [6.07, 6.45) is 7.28. The quantitative estimate of drug-likeness (QED) is 0.356. The Morgan fingerprint density at radius 3 is 2.62 bits per heavy atom. The Balaban J connectivity index is 1.15. The van der Waals surface area contributed by atoms with Crippen LogP contribution in [0.15, 0.2) is 36.4 Å². The first kappa shape index (κ1) is 25.2. The van der Waals surface area contributed by atoms with E-state index < -0.39 is 0 Å². The minimum Gasteiger partial charge on any atom is -0.494 e. The van der Waals surface area contributed by atoms with Gasteiger partial charge in [-0.1, -0.05) is 18.2 Å². The first-order valence-electron chi connectivity index (χ1n) is 15.9. The van der Waals surface area contributed by atoms with Gasteiger partial charge in [-0.3, -0.25) is 4.79 Å². The van der Waals surface area contributed by atoms with E-state index in [1.165, 1.54) is 55.2 Å². The monoisotopic (exact) mass is 564 g/mol. The van der Waals surface area contributed by atoms with Crippen molar-refractivity contribution >= 4 is 27.8 Å². The Bertz CT molecular complexity index is 1750. The Morgan fingerprint density at radius 1 is 1.12 bits per heavy atom. The zero-order chi connectivity index (χ0) is 28.3. The van der Waals surface area contributed by atoms with Crippen LogP contribution in [0.4, 0.5) is 0 Å². The van der Waals surface area contributed by atoms with Gasteiger partial charge in [0.1, 0.15) is 11.3 Å². The molecule has 0 radical (unpaired) electrons. The predicted octanol–water partition coefficient (Wildman–Crippen LogP) is 4.64. The van der Waals surface area contributed by atoms with E-state index in [4.69, 9.17) is 15.5 Å². The molecule has 8 heteroatoms. The largest absolute Gasteiger partial charge is 0.494 e. The number of carbonyl (C=O) groups excluding carboxylic acids is 1. The number of carbonyl (C=O) groups is 1. The van der Waals surface area contributed by atoms with Gasteiger partial charge in [0.15, 0.2) is 5.82 Å². The van der Waals surface area contributed by atoms with Gasteiger partial charge in [0.2, 0.25) is 0 Å². The summed E-state index contributed by atoms with van der Waals surface area (Å²) in [6.45, 7) is 4.12. The molecule has 1 amide bonds. The molecule has 4 aromatic rings. The molecule has 2 saturated heterocycles. The Morgan fingerprint density at radius 2 is 1.95 bits per heavy atom. The number of ether oxygens (including phenoxy) is 1. The Kier molecular flexibility index (Phi) is 5.29. The number of hydrogen-bond acceptors (Lipinski definition) is 5. The molecule has 4 heterocycles. The number of hydrogen-bond donors (Lipinski definition) is 2. The lowest BCUT2D eigenvalue weighted by molar-refractivity contribution is 0.0367. The zero-order valence-corrected chi connectivity index (χ0v) is 24.6. The molecule has 1 spiro atoms. The van der Waals surface area contributed by atoms with Gasteiger partial charge >= 0.3 is 0 Å². The summed E-state index contributed by atoms with van der Waals surface area (Å²) in [6, 6.07) is 13.3. The van der Waals surface area contributed by atoms with E-state index in [1.54, 1.807) is 7.11 Å². The van der Waals surface area contributed by atoms with Crippen molar-refractivity contribution in [2.24, 2.45) is 30.0 Å². The number of fused-ring (bicyclic) bond motifs is 4. The third-order valence-electron chi connectivity index (χ3n) is 11.4. The van der Waals surface area contributed by atoms with Gasteiger partial charge in [0.25, 0.3) is 5.91 Å². The minimum atomic E-state index is 0.0393. The molecule has 2 bridgehead atoms. The van der Waals surface area contributed by atoms with E-state index in [2.05, 4.69) is 45.8 Å². The van der Waals surface area contributed by atoms with Gasteiger partial charge in [-0.25, -0.2) is 4.98 Å². The van der Waals surface area contributed by atoms with Gasteiger partial charge in [-0.15, -0.1) is 0 Å². The summed E-state index contributed by atoms with van der Waals surface area (Å²) in [5.41, 5.74) is 13.4. The van der Waals surface area contributed by atoms with Crippen LogP contribution in [0, 0.1) is 17.3 Å². The van der Waals surface area contributed by atoms with Crippen molar-refractivity contribution in [1.82, 2.24) is 24.3 Å². The molecule has 5 fully saturated rings. The van der Waals surface area contributed by atoms with E-state index >= 15 is 0 Å². The molecule has 9 rings (SSSR count). The number of piperidine rings is 1. The maximum atomic E-state index is 13.7. The van der Waals surface area contributed by atoms with Gasteiger partial charge in [-0.2, -0.15) is 0 Å². The molecular formula is C34H40N6O2. The zero-order valence-electron chi connectivity index (χ0n) is 24.6. The molecule has 2 aliphatic heterocycles. The summed E-state index contributed by atoms with van der Waals surface area (Å²) in [7, 11) is 3.76. The van der Waals surface area contributed by atoms with Crippen LogP contribution in [0.25, 0.3) is 33.5 Å². The number of rotatable bonds is 6. The van der Waals surface area contributed by atoms with E-state index in [0.717, 1.165) is 54.4 Å². The Hall–Kier alpha value is -3.36. The number of nitrogens with one attached hydrogen (secondary N) is 1. The summed E-state index contributed by atoms with van der Waals surface area (Å²) in [5.74, 6) is 3.42. The fourth-order valence-corrected chi connectivity index (χ4v) is 8.86. The minimum absolute atomic E-state index is 0.0393. The molecule has 3 N–H and O–H groups in total. The van der Waals surface area contributed by atoms with E-state index in [0.29, 0.717) is 28.6 Å². The fourth-order valence-electron chi connectivity index (χ4n) is 8.86. The molecule has 42 heavy (non-hydrogen) atoms. The van der Waals surface area contributed by atoms with E-state index in [1.807, 2.05) is 17.0 Å². The Labute approximate surface area is 246 Å². The molecule has 5 aliphatic rings. The number of methoxy groups -OCH3 is 1. The van der Waals surface area contributed by atoms with Gasteiger partial charge < -0.3 is 29.8 Å². The first-order chi connectivity index (χ1) is 20.4. The second kappa shape index (κ2) is 8.83. The molecular weight excluding hydrogens is 524 g/mol. The number of aryl methyl sites for hydroxylation is 1. The van der Waals surface area contributed by atoms with Gasteiger partial charge in [0.05, 0.1) is 23.8 Å². The molecule has 3 aliphatic carbocycles. The van der Waals surface area contributed by atoms with Crippen molar-refractivity contribution in [3.05, 3.63) is 47.5 Å². The predicted molar refractivity (Wildman–Crippen MR) is 164 cm³/mol. The van der Waals surface area contributed by atoms with Crippen LogP contribution >= 0.6 is 0 Å². The van der Waals surface area contributed by atoms with Crippen LogP contribution in [-0.4, -0.2) is 63.8 Å².